The van der Waals surface area contributed by atoms with Crippen molar-refractivity contribution < 1.29 is 31.5 Å². The van der Waals surface area contributed by atoms with Crippen molar-refractivity contribution in [2.45, 2.75) is 12.6 Å². The van der Waals surface area contributed by atoms with Gasteiger partial charge in [-0.3, -0.25) is 9.59 Å². The second-order valence-corrected chi connectivity index (χ2v) is 8.15. The van der Waals surface area contributed by atoms with Crippen LogP contribution in [0.1, 0.15) is 20.8 Å². The summed E-state index contributed by atoms with van der Waals surface area (Å²) in [6.45, 7) is 0. The van der Waals surface area contributed by atoms with E-state index in [-0.39, 0.29) is 23.2 Å². The average Bonchev–Trinajstić information content (AvgIpc) is 3.35. The third kappa shape index (κ3) is 4.72. The first-order chi connectivity index (χ1) is 15.1. The molecule has 0 unspecified atom stereocenters. The summed E-state index contributed by atoms with van der Waals surface area (Å²) in [5, 5.41) is 10.9. The van der Waals surface area contributed by atoms with E-state index in [1.54, 1.807) is 12.4 Å². The zero-order valence-electron chi connectivity index (χ0n) is 16.5. The van der Waals surface area contributed by atoms with Crippen molar-refractivity contribution in [1.82, 2.24) is 10.3 Å². The van der Waals surface area contributed by atoms with Crippen molar-refractivity contribution in [1.29, 1.82) is 0 Å². The van der Waals surface area contributed by atoms with Gasteiger partial charge in [0.25, 0.3) is 5.91 Å². The maximum Gasteiger partial charge on any atom is 0.419 e. The molecule has 32 heavy (non-hydrogen) atoms. The predicted molar refractivity (Wildman–Crippen MR) is 112 cm³/mol. The van der Waals surface area contributed by atoms with Gasteiger partial charge < -0.3 is 16.0 Å². The highest BCUT2D eigenvalue weighted by atomic mass is 32.1. The Morgan fingerprint density at radius 1 is 1.06 bits per heavy atom. The van der Waals surface area contributed by atoms with Gasteiger partial charge in [0.15, 0.2) is 16.8 Å². The summed E-state index contributed by atoms with van der Waals surface area (Å²) in [5.41, 5.74) is -1.42. The summed E-state index contributed by atoms with van der Waals surface area (Å²) in [6, 6.07) is 1.21. The van der Waals surface area contributed by atoms with Gasteiger partial charge in [-0.1, -0.05) is 0 Å². The van der Waals surface area contributed by atoms with Crippen molar-refractivity contribution >= 4 is 45.3 Å². The van der Waals surface area contributed by atoms with Crippen molar-refractivity contribution in [3.63, 3.8) is 0 Å². The average molecular weight is 490 g/mol. The van der Waals surface area contributed by atoms with Gasteiger partial charge >= 0.3 is 6.18 Å². The van der Waals surface area contributed by atoms with Crippen molar-refractivity contribution in [3.05, 3.63) is 50.5 Å². The van der Waals surface area contributed by atoms with Crippen LogP contribution in [-0.2, 0) is 17.4 Å². The number of alkyl halides is 3. The third-order valence-corrected chi connectivity index (χ3v) is 6.07. The first kappa shape index (κ1) is 23.6. The van der Waals surface area contributed by atoms with Gasteiger partial charge in [0.05, 0.1) is 28.9 Å². The Morgan fingerprint density at radius 3 is 2.41 bits per heavy atom. The van der Waals surface area contributed by atoms with Crippen LogP contribution in [-0.4, -0.2) is 30.9 Å². The fraction of sp³-hybridized carbons (Fsp3) is 0.211. The van der Waals surface area contributed by atoms with Gasteiger partial charge in [0, 0.05) is 35.3 Å². The van der Waals surface area contributed by atoms with Crippen LogP contribution in [0.5, 0.6) is 0 Å². The maximum absolute atomic E-state index is 14.2. The molecule has 0 atom stereocenters. The maximum atomic E-state index is 14.2. The van der Waals surface area contributed by atoms with E-state index in [4.69, 9.17) is 0 Å². The highest BCUT2D eigenvalue weighted by Crippen LogP contribution is 2.36. The highest BCUT2D eigenvalue weighted by Gasteiger charge is 2.36. The molecule has 2 amide bonds. The van der Waals surface area contributed by atoms with Crippen molar-refractivity contribution in [2.24, 2.45) is 0 Å². The quantitative estimate of drug-likeness (QED) is 0.436. The minimum absolute atomic E-state index is 0.0385. The lowest BCUT2D eigenvalue weighted by Gasteiger charge is -2.10. The molecule has 170 valence electrons. The Kier molecular flexibility index (Phi) is 6.79. The number of rotatable bonds is 6. The smallest absolute Gasteiger partial charge is 0.387 e. The minimum atomic E-state index is -5.03. The van der Waals surface area contributed by atoms with Crippen LogP contribution in [0, 0.1) is 11.6 Å². The van der Waals surface area contributed by atoms with E-state index in [9.17, 15) is 31.5 Å². The molecule has 6 nitrogen and oxygen atoms in total. The Balaban J connectivity index is 1.78. The molecule has 13 heteroatoms. The summed E-state index contributed by atoms with van der Waals surface area (Å²) in [7, 11) is 3.10. The first-order valence-electron chi connectivity index (χ1n) is 8.88. The second kappa shape index (κ2) is 9.20. The molecule has 0 aliphatic carbocycles. The van der Waals surface area contributed by atoms with Gasteiger partial charge in [0.1, 0.15) is 0 Å². The fourth-order valence-electron chi connectivity index (χ4n) is 2.82. The number of nitrogens with one attached hydrogen (secondary N) is 3. The number of thiazole rings is 1. The van der Waals surface area contributed by atoms with Crippen molar-refractivity contribution in [2.75, 3.05) is 24.7 Å². The molecular formula is C19H15F5N4O2S2. The third-order valence-electron chi connectivity index (χ3n) is 4.33. The van der Waals surface area contributed by atoms with Gasteiger partial charge in [-0.2, -0.15) is 13.2 Å². The topological polar surface area (TPSA) is 83.1 Å². The number of aromatic nitrogens is 1. The summed E-state index contributed by atoms with van der Waals surface area (Å²) in [4.78, 5) is 29.0. The first-order valence-corrected chi connectivity index (χ1v) is 10.6. The van der Waals surface area contributed by atoms with E-state index in [2.05, 4.69) is 20.9 Å². The standard InChI is InChI=1S/C19H15F5N4O2S2/c1-25-11-7-31-12(14(11)17(30)26-2)5-13(29)28-18-27-10(6-32-18)8-3-4-9(19(22,23)24)16(21)15(8)20/h3-4,6-7,25H,5H2,1-2H3,(H,26,30)(H,27,28,29). The highest BCUT2D eigenvalue weighted by molar-refractivity contribution is 7.14. The monoisotopic (exact) mass is 490 g/mol. The molecule has 0 aliphatic rings. The van der Waals surface area contributed by atoms with Crippen LogP contribution in [0.4, 0.5) is 32.8 Å². The molecule has 2 heterocycles. The zero-order valence-corrected chi connectivity index (χ0v) is 18.1. The molecule has 3 aromatic rings. The van der Waals surface area contributed by atoms with E-state index in [0.29, 0.717) is 22.2 Å². The molecule has 2 aromatic heterocycles. The number of amides is 2. The molecule has 0 saturated carbocycles. The van der Waals surface area contributed by atoms with Gasteiger partial charge in [-0.05, 0) is 12.1 Å². The summed E-state index contributed by atoms with van der Waals surface area (Å²) in [6.07, 6.45) is -5.18. The number of halogens is 5. The molecule has 3 rings (SSSR count). The molecule has 3 N–H and O–H groups in total. The lowest BCUT2D eigenvalue weighted by atomic mass is 10.1. The fourth-order valence-corrected chi connectivity index (χ4v) is 4.57. The number of benzene rings is 1. The zero-order chi connectivity index (χ0) is 23.6. The Bertz CT molecular complexity index is 1170. The van der Waals surface area contributed by atoms with Gasteiger partial charge in [-0.25, -0.2) is 13.8 Å². The summed E-state index contributed by atoms with van der Waals surface area (Å²) >= 11 is 2.10. The number of carbonyl (C=O) groups excluding carboxylic acids is 2. The Hall–Kier alpha value is -3.06. The largest absolute Gasteiger partial charge is 0.419 e. The number of anilines is 2. The van der Waals surface area contributed by atoms with Crippen LogP contribution in [0.25, 0.3) is 11.3 Å². The van der Waals surface area contributed by atoms with Gasteiger partial charge in [0.2, 0.25) is 5.91 Å². The van der Waals surface area contributed by atoms with Crippen LogP contribution >= 0.6 is 22.7 Å². The second-order valence-electron chi connectivity index (χ2n) is 6.33. The van der Waals surface area contributed by atoms with Crippen LogP contribution in [0.3, 0.4) is 0 Å². The number of hydrogen-bond donors (Lipinski definition) is 3. The SMILES string of the molecule is CNC(=O)c1c(NC)csc1CC(=O)Nc1nc(-c2ccc(C(F)(F)F)c(F)c2F)cs1. The predicted octanol–water partition coefficient (Wildman–Crippen LogP) is 4.75. The Morgan fingerprint density at radius 2 is 1.78 bits per heavy atom. The Labute approximate surface area is 186 Å². The molecular weight excluding hydrogens is 475 g/mol. The lowest BCUT2D eigenvalue weighted by molar-refractivity contribution is -0.140. The molecule has 0 radical (unpaired) electrons. The van der Waals surface area contributed by atoms with Crippen LogP contribution in [0.15, 0.2) is 22.9 Å². The van der Waals surface area contributed by atoms with Gasteiger partial charge in [-0.15, -0.1) is 22.7 Å². The van der Waals surface area contributed by atoms with E-state index < -0.39 is 34.8 Å². The van der Waals surface area contributed by atoms with E-state index >= 15 is 0 Å². The number of nitrogens with zero attached hydrogens (tertiary/aromatic N) is 1. The lowest BCUT2D eigenvalue weighted by Crippen LogP contribution is -2.21. The molecule has 0 spiro atoms. The summed E-state index contributed by atoms with van der Waals surface area (Å²) in [5.74, 6) is -4.58. The number of hydrogen-bond acceptors (Lipinski definition) is 6. The molecule has 1 aromatic carbocycles. The summed E-state index contributed by atoms with van der Waals surface area (Å²) < 4.78 is 66.2. The van der Waals surface area contributed by atoms with Crippen molar-refractivity contribution in [3.8, 4) is 11.3 Å². The molecule has 0 aliphatic heterocycles. The van der Waals surface area contributed by atoms with E-state index in [0.717, 1.165) is 17.4 Å². The molecule has 0 saturated heterocycles. The normalized spacial score (nSPS) is 11.3. The van der Waals surface area contributed by atoms with Crippen LogP contribution in [0.2, 0.25) is 0 Å². The molecule has 0 bridgehead atoms. The minimum Gasteiger partial charge on any atom is -0.387 e. The van der Waals surface area contributed by atoms with Crippen LogP contribution < -0.4 is 16.0 Å². The molecule has 0 fully saturated rings. The van der Waals surface area contributed by atoms with E-state index in [1.165, 1.54) is 23.8 Å². The number of thiophene rings is 1. The van der Waals surface area contributed by atoms with E-state index in [1.807, 2.05) is 0 Å². The number of carbonyl (C=O) groups is 2.